The maximum Gasteiger partial charge on any atom is 0.329 e. The van der Waals surface area contributed by atoms with Crippen molar-refractivity contribution in [3.8, 4) is 0 Å². The number of carbonyl (C=O) groups is 4. The van der Waals surface area contributed by atoms with Crippen LogP contribution in [0, 0.1) is 5.92 Å². The largest absolute Gasteiger partial charge is 0.481 e. The number of hydrogen-bond acceptors (Lipinski definition) is 13. The van der Waals surface area contributed by atoms with Crippen LogP contribution in [-0.2, 0) is 25.7 Å². The zero-order valence-electron chi connectivity index (χ0n) is 25.1. The van der Waals surface area contributed by atoms with Crippen molar-refractivity contribution in [3.63, 3.8) is 0 Å². The van der Waals surface area contributed by atoms with E-state index in [9.17, 15) is 19.2 Å². The van der Waals surface area contributed by atoms with E-state index in [2.05, 4.69) is 25.3 Å². The summed E-state index contributed by atoms with van der Waals surface area (Å²) in [4.78, 5) is 64.6. The SMILES string of the molecule is CN(Cc1cnc2nc(N)nc(N)c2n1)c1ccc(C(=O)N[C@@H](CCC(=O)O)C(=O)OC(C)(C)C)cc1.C[C@@H](CO)C(=O)O. The van der Waals surface area contributed by atoms with Crippen molar-refractivity contribution < 1.29 is 39.2 Å². The second-order valence-electron chi connectivity index (χ2n) is 10.8. The van der Waals surface area contributed by atoms with Crippen molar-refractivity contribution in [2.75, 3.05) is 30.0 Å². The molecule has 16 nitrogen and oxygen atoms in total. The molecule has 0 bridgehead atoms. The van der Waals surface area contributed by atoms with Crippen molar-refractivity contribution in [1.82, 2.24) is 25.3 Å². The highest BCUT2D eigenvalue weighted by atomic mass is 16.6. The van der Waals surface area contributed by atoms with Gasteiger partial charge in [-0.3, -0.25) is 14.4 Å². The highest BCUT2D eigenvalue weighted by molar-refractivity contribution is 5.97. The molecule has 16 heteroatoms. The molecule has 1 amide bonds. The zero-order chi connectivity index (χ0) is 33.2. The maximum absolute atomic E-state index is 12.8. The van der Waals surface area contributed by atoms with Gasteiger partial charge in [0.15, 0.2) is 17.0 Å². The average Bonchev–Trinajstić information content (AvgIpc) is 2.94. The molecule has 0 aliphatic heterocycles. The van der Waals surface area contributed by atoms with Gasteiger partial charge in [0.2, 0.25) is 5.95 Å². The van der Waals surface area contributed by atoms with E-state index in [1.807, 2.05) is 11.9 Å². The number of amides is 1. The minimum Gasteiger partial charge on any atom is -0.481 e. The predicted molar refractivity (Wildman–Crippen MR) is 160 cm³/mol. The first-order chi connectivity index (χ1) is 20.5. The van der Waals surface area contributed by atoms with Crippen molar-refractivity contribution in [2.45, 2.75) is 58.7 Å². The Labute approximate surface area is 253 Å². The first-order valence-electron chi connectivity index (χ1n) is 13.5. The van der Waals surface area contributed by atoms with E-state index in [1.165, 1.54) is 6.92 Å². The van der Waals surface area contributed by atoms with Crippen molar-refractivity contribution in [3.05, 3.63) is 41.7 Å². The van der Waals surface area contributed by atoms with Gasteiger partial charge in [-0.25, -0.2) is 14.8 Å². The minimum absolute atomic E-state index is 0.0209. The Hall–Kier alpha value is -5.12. The van der Waals surface area contributed by atoms with Crippen LogP contribution in [0.4, 0.5) is 17.5 Å². The third-order valence-electron chi connectivity index (χ3n) is 5.81. The second-order valence-corrected chi connectivity index (χ2v) is 10.8. The van der Waals surface area contributed by atoms with Gasteiger partial charge in [0.1, 0.15) is 11.6 Å². The van der Waals surface area contributed by atoms with E-state index >= 15 is 0 Å². The molecule has 3 aromatic rings. The minimum atomic E-state index is -1.09. The molecule has 0 saturated carbocycles. The topological polar surface area (TPSA) is 257 Å². The number of aliphatic carboxylic acids is 2. The molecule has 0 fully saturated rings. The van der Waals surface area contributed by atoms with Crippen LogP contribution < -0.4 is 21.7 Å². The summed E-state index contributed by atoms with van der Waals surface area (Å²) >= 11 is 0. The van der Waals surface area contributed by atoms with Crippen LogP contribution in [0.15, 0.2) is 30.5 Å². The van der Waals surface area contributed by atoms with Crippen LogP contribution in [0.5, 0.6) is 0 Å². The fourth-order valence-electron chi connectivity index (χ4n) is 3.47. The first-order valence-corrected chi connectivity index (χ1v) is 13.5. The van der Waals surface area contributed by atoms with E-state index < -0.39 is 41.4 Å². The van der Waals surface area contributed by atoms with E-state index in [4.69, 9.17) is 31.5 Å². The quantitative estimate of drug-likeness (QED) is 0.166. The lowest BCUT2D eigenvalue weighted by Gasteiger charge is -2.24. The first kappa shape index (κ1) is 35.1. The molecule has 0 spiro atoms. The number of hydrogen-bond donors (Lipinski definition) is 6. The van der Waals surface area contributed by atoms with Gasteiger partial charge in [-0.15, -0.1) is 0 Å². The van der Waals surface area contributed by atoms with Gasteiger partial charge in [0.05, 0.1) is 31.0 Å². The van der Waals surface area contributed by atoms with Crippen LogP contribution in [0.25, 0.3) is 11.2 Å². The number of nitrogens with zero attached hydrogens (tertiary/aromatic N) is 5. The third-order valence-corrected chi connectivity index (χ3v) is 5.81. The Balaban J connectivity index is 0.000000860. The maximum atomic E-state index is 12.8. The number of aromatic nitrogens is 4. The number of nitrogens with one attached hydrogen (secondary N) is 1. The molecular formula is C28H38N8O8. The molecule has 2 atom stereocenters. The molecule has 0 aliphatic rings. The molecule has 44 heavy (non-hydrogen) atoms. The lowest BCUT2D eigenvalue weighted by Crippen LogP contribution is -2.44. The average molecular weight is 615 g/mol. The number of carbonyl (C=O) groups excluding carboxylic acids is 2. The predicted octanol–water partition coefficient (Wildman–Crippen LogP) is 1.22. The highest BCUT2D eigenvalue weighted by Gasteiger charge is 2.27. The van der Waals surface area contributed by atoms with Crippen LogP contribution in [-0.4, -0.2) is 84.4 Å². The molecule has 2 aromatic heterocycles. The van der Waals surface area contributed by atoms with E-state index in [1.54, 1.807) is 51.2 Å². The Morgan fingerprint density at radius 3 is 2.20 bits per heavy atom. The summed E-state index contributed by atoms with van der Waals surface area (Å²) in [6, 6.07) is 5.59. The molecule has 0 saturated heterocycles. The van der Waals surface area contributed by atoms with Gasteiger partial charge in [0.25, 0.3) is 5.91 Å². The molecule has 0 aliphatic carbocycles. The number of rotatable bonds is 11. The normalized spacial score (nSPS) is 12.3. The molecular weight excluding hydrogens is 576 g/mol. The highest BCUT2D eigenvalue weighted by Crippen LogP contribution is 2.19. The molecule has 0 radical (unpaired) electrons. The van der Waals surface area contributed by atoms with Gasteiger partial charge in [-0.05, 0) is 58.4 Å². The lowest BCUT2D eigenvalue weighted by molar-refractivity contribution is -0.157. The molecule has 1 aromatic carbocycles. The summed E-state index contributed by atoms with van der Waals surface area (Å²) in [5.41, 5.74) is 13.1. The monoisotopic (exact) mass is 614 g/mol. The molecule has 8 N–H and O–H groups in total. The van der Waals surface area contributed by atoms with Crippen LogP contribution >= 0.6 is 0 Å². The summed E-state index contributed by atoms with van der Waals surface area (Å²) in [6.45, 7) is 6.63. The number of nitrogen functional groups attached to an aromatic ring is 2. The van der Waals surface area contributed by atoms with Crippen LogP contribution in [0.2, 0.25) is 0 Å². The number of aliphatic hydroxyl groups is 1. The number of fused-ring (bicyclic) bond motifs is 1. The summed E-state index contributed by atoms with van der Waals surface area (Å²) in [5, 5.41) is 27.7. The molecule has 238 valence electrons. The lowest BCUT2D eigenvalue weighted by atomic mass is 10.1. The van der Waals surface area contributed by atoms with Crippen molar-refractivity contribution >= 4 is 52.4 Å². The number of nitrogens with two attached hydrogens (primary N) is 2. The fraction of sp³-hybridized carbons (Fsp3) is 0.429. The number of ether oxygens (including phenoxy) is 1. The van der Waals surface area contributed by atoms with Crippen LogP contribution in [0.1, 0.15) is 56.6 Å². The number of carboxylic acids is 2. The number of benzene rings is 1. The summed E-state index contributed by atoms with van der Waals surface area (Å²) in [6.07, 6.45) is 1.18. The van der Waals surface area contributed by atoms with Gasteiger partial charge in [-0.2, -0.15) is 9.97 Å². The van der Waals surface area contributed by atoms with Gasteiger partial charge in [-0.1, -0.05) is 0 Å². The summed E-state index contributed by atoms with van der Waals surface area (Å²) in [5.74, 6) is -3.71. The number of anilines is 3. The van der Waals surface area contributed by atoms with Crippen molar-refractivity contribution in [1.29, 1.82) is 0 Å². The molecule has 2 heterocycles. The van der Waals surface area contributed by atoms with E-state index in [0.29, 0.717) is 29.0 Å². The fourth-order valence-corrected chi connectivity index (χ4v) is 3.47. The zero-order valence-corrected chi connectivity index (χ0v) is 25.1. The van der Waals surface area contributed by atoms with Gasteiger partial charge >= 0.3 is 17.9 Å². The number of aliphatic hydroxyl groups excluding tert-OH is 1. The number of carboxylic acid groups (broad SMARTS) is 2. The Morgan fingerprint density at radius 1 is 1.05 bits per heavy atom. The van der Waals surface area contributed by atoms with E-state index in [-0.39, 0.29) is 31.2 Å². The van der Waals surface area contributed by atoms with Crippen LogP contribution in [0.3, 0.4) is 0 Å². The van der Waals surface area contributed by atoms with Gasteiger partial charge < -0.3 is 41.7 Å². The second kappa shape index (κ2) is 15.4. The Morgan fingerprint density at radius 2 is 1.68 bits per heavy atom. The smallest absolute Gasteiger partial charge is 0.329 e. The molecule has 3 rings (SSSR count). The number of esters is 1. The summed E-state index contributed by atoms with van der Waals surface area (Å²) < 4.78 is 5.33. The summed E-state index contributed by atoms with van der Waals surface area (Å²) in [7, 11) is 1.84. The van der Waals surface area contributed by atoms with Gasteiger partial charge in [0, 0.05) is 24.7 Å². The van der Waals surface area contributed by atoms with E-state index in [0.717, 1.165) is 5.69 Å². The van der Waals surface area contributed by atoms with Crippen molar-refractivity contribution in [2.24, 2.45) is 5.92 Å². The Bertz CT molecular complexity index is 1480. The third kappa shape index (κ3) is 10.9. The molecule has 0 unspecified atom stereocenters. The Kier molecular flexibility index (Phi) is 12.3. The standard InChI is InChI=1S/C24H30N8O5.C4H8O3/c1-24(2,3)37-22(36)16(9-10-17(33)34)29-21(35)13-5-7-15(8-6-13)32(4)12-14-11-27-20-18(28-14)19(25)30-23(26)31-20;1-3(2-5)4(6)7/h5-8,11,16H,9-10,12H2,1-4H3,(H,29,35)(H,33,34)(H4,25,26,27,30,31);3,5H,2H2,1H3,(H,6,7)/t16-;3-/m00/s1.